The van der Waals surface area contributed by atoms with Crippen LogP contribution in [0.1, 0.15) is 33.1 Å². The Morgan fingerprint density at radius 2 is 1.81 bits per heavy atom. The summed E-state index contributed by atoms with van der Waals surface area (Å²) in [6.07, 6.45) is 3.98. The third-order valence-electron chi connectivity index (χ3n) is 3.48. The minimum atomic E-state index is 0.798. The molecule has 96 valence electrons. The van der Waals surface area contributed by atoms with Crippen LogP contribution < -0.4 is 5.73 Å². The van der Waals surface area contributed by atoms with Gasteiger partial charge in [-0.15, -0.1) is 0 Å². The van der Waals surface area contributed by atoms with E-state index in [4.69, 9.17) is 5.73 Å². The molecule has 1 unspecified atom stereocenters. The van der Waals surface area contributed by atoms with Gasteiger partial charge in [0.25, 0.3) is 0 Å². The minimum absolute atomic E-state index is 0.798. The molecule has 0 aromatic rings. The fraction of sp³-hybridized carbons (Fsp3) is 1.00. The van der Waals surface area contributed by atoms with Gasteiger partial charge in [0.15, 0.2) is 0 Å². The second-order valence-corrected chi connectivity index (χ2v) is 5.18. The Balaban J connectivity index is 2.24. The molecule has 1 atom stereocenters. The molecular formula is C13H29N3. The van der Waals surface area contributed by atoms with Crippen LogP contribution in [0.3, 0.4) is 0 Å². The maximum atomic E-state index is 5.61. The van der Waals surface area contributed by atoms with Crippen molar-refractivity contribution in [3.05, 3.63) is 0 Å². The van der Waals surface area contributed by atoms with Gasteiger partial charge in [0.1, 0.15) is 0 Å². The van der Waals surface area contributed by atoms with Gasteiger partial charge in [0.05, 0.1) is 0 Å². The number of nitrogens with zero attached hydrogens (tertiary/aromatic N) is 2. The lowest BCUT2D eigenvalue weighted by atomic mass is 10.1. The van der Waals surface area contributed by atoms with Crippen molar-refractivity contribution in [3.8, 4) is 0 Å². The molecule has 0 radical (unpaired) electrons. The molecule has 0 aliphatic carbocycles. The first-order chi connectivity index (χ1) is 7.76. The molecule has 1 rings (SSSR count). The highest BCUT2D eigenvalue weighted by molar-refractivity contribution is 4.71. The Labute approximate surface area is 101 Å². The molecule has 0 aromatic heterocycles. The zero-order valence-corrected chi connectivity index (χ0v) is 11.1. The Morgan fingerprint density at radius 1 is 1.12 bits per heavy atom. The van der Waals surface area contributed by atoms with Gasteiger partial charge in [0.2, 0.25) is 0 Å². The Morgan fingerprint density at radius 3 is 2.50 bits per heavy atom. The molecular weight excluding hydrogens is 198 g/mol. The monoisotopic (exact) mass is 227 g/mol. The Hall–Kier alpha value is -0.120. The fourth-order valence-electron chi connectivity index (χ4n) is 2.64. The number of rotatable bonds is 6. The van der Waals surface area contributed by atoms with Gasteiger partial charge in [-0.3, -0.25) is 0 Å². The van der Waals surface area contributed by atoms with E-state index in [1.807, 2.05) is 0 Å². The average Bonchev–Trinajstić information content (AvgIpc) is 2.45. The van der Waals surface area contributed by atoms with Crippen LogP contribution in [-0.4, -0.2) is 55.6 Å². The summed E-state index contributed by atoms with van der Waals surface area (Å²) in [7, 11) is 0. The van der Waals surface area contributed by atoms with Crippen molar-refractivity contribution in [2.45, 2.75) is 33.1 Å². The van der Waals surface area contributed by atoms with Crippen LogP contribution in [0.5, 0.6) is 0 Å². The number of hydrogen-bond acceptors (Lipinski definition) is 3. The molecule has 1 aliphatic heterocycles. The molecule has 1 saturated heterocycles. The van der Waals surface area contributed by atoms with E-state index in [2.05, 4.69) is 23.6 Å². The van der Waals surface area contributed by atoms with Gasteiger partial charge in [-0.05, 0) is 31.8 Å². The molecule has 16 heavy (non-hydrogen) atoms. The lowest BCUT2D eigenvalue weighted by Crippen LogP contribution is -2.35. The quantitative estimate of drug-likeness (QED) is 0.744. The summed E-state index contributed by atoms with van der Waals surface area (Å²) in [4.78, 5) is 5.14. The molecule has 0 spiro atoms. The molecule has 2 N–H and O–H groups in total. The lowest BCUT2D eigenvalue weighted by molar-refractivity contribution is 0.230. The average molecular weight is 227 g/mol. The van der Waals surface area contributed by atoms with E-state index in [0.717, 1.165) is 19.0 Å². The number of nitrogens with two attached hydrogens (primary N) is 1. The normalized spacial score (nSPS) is 21.9. The van der Waals surface area contributed by atoms with Gasteiger partial charge >= 0.3 is 0 Å². The SMILES string of the molecule is CCCC(C)CN1CCCN(CCN)CC1. The van der Waals surface area contributed by atoms with E-state index >= 15 is 0 Å². The summed E-state index contributed by atoms with van der Waals surface area (Å²) in [6.45, 7) is 12.7. The molecule has 0 aromatic carbocycles. The van der Waals surface area contributed by atoms with E-state index < -0.39 is 0 Å². The highest BCUT2D eigenvalue weighted by Crippen LogP contribution is 2.10. The lowest BCUT2D eigenvalue weighted by Gasteiger charge is -2.24. The van der Waals surface area contributed by atoms with Crippen LogP contribution in [0.25, 0.3) is 0 Å². The van der Waals surface area contributed by atoms with Gasteiger partial charge in [-0.1, -0.05) is 20.3 Å². The van der Waals surface area contributed by atoms with Gasteiger partial charge < -0.3 is 15.5 Å². The van der Waals surface area contributed by atoms with Crippen molar-refractivity contribution in [1.29, 1.82) is 0 Å². The molecule has 3 nitrogen and oxygen atoms in total. The third-order valence-corrected chi connectivity index (χ3v) is 3.48. The van der Waals surface area contributed by atoms with E-state index in [-0.39, 0.29) is 0 Å². The van der Waals surface area contributed by atoms with Gasteiger partial charge in [0, 0.05) is 32.7 Å². The predicted molar refractivity (Wildman–Crippen MR) is 70.6 cm³/mol. The Kier molecular flexibility index (Phi) is 7.01. The number of hydrogen-bond donors (Lipinski definition) is 1. The smallest absolute Gasteiger partial charge is 0.0110 e. The van der Waals surface area contributed by atoms with Crippen LogP contribution in [0.2, 0.25) is 0 Å². The first-order valence-corrected chi connectivity index (χ1v) is 6.91. The van der Waals surface area contributed by atoms with Crippen LogP contribution in [-0.2, 0) is 0 Å². The largest absolute Gasteiger partial charge is 0.329 e. The maximum Gasteiger partial charge on any atom is 0.0110 e. The van der Waals surface area contributed by atoms with Crippen molar-refractivity contribution in [3.63, 3.8) is 0 Å². The van der Waals surface area contributed by atoms with Gasteiger partial charge in [-0.25, -0.2) is 0 Å². The van der Waals surface area contributed by atoms with Crippen LogP contribution in [0.4, 0.5) is 0 Å². The summed E-state index contributed by atoms with van der Waals surface area (Å²) in [5.41, 5.74) is 5.61. The highest BCUT2D eigenvalue weighted by Gasteiger charge is 2.15. The maximum absolute atomic E-state index is 5.61. The van der Waals surface area contributed by atoms with Crippen LogP contribution in [0.15, 0.2) is 0 Å². The predicted octanol–water partition coefficient (Wildman–Crippen LogP) is 1.39. The summed E-state index contributed by atoms with van der Waals surface area (Å²) >= 11 is 0. The molecule has 0 saturated carbocycles. The molecule has 1 aliphatic rings. The van der Waals surface area contributed by atoms with Crippen molar-refractivity contribution in [1.82, 2.24) is 9.80 Å². The zero-order valence-electron chi connectivity index (χ0n) is 11.1. The van der Waals surface area contributed by atoms with E-state index in [9.17, 15) is 0 Å². The van der Waals surface area contributed by atoms with E-state index in [0.29, 0.717) is 0 Å². The standard InChI is InChI=1S/C13H29N3/c1-3-5-13(2)12-16-8-4-7-15(9-6-14)10-11-16/h13H,3-12,14H2,1-2H3. The molecule has 0 amide bonds. The van der Waals surface area contributed by atoms with Crippen LogP contribution in [0, 0.1) is 5.92 Å². The van der Waals surface area contributed by atoms with Crippen LogP contribution >= 0.6 is 0 Å². The van der Waals surface area contributed by atoms with Crippen molar-refractivity contribution in [2.24, 2.45) is 11.7 Å². The molecule has 1 fully saturated rings. The molecule has 0 bridgehead atoms. The minimum Gasteiger partial charge on any atom is -0.329 e. The van der Waals surface area contributed by atoms with Gasteiger partial charge in [-0.2, -0.15) is 0 Å². The molecule has 3 heteroatoms. The Bertz CT molecular complexity index is 173. The summed E-state index contributed by atoms with van der Waals surface area (Å²) in [5, 5.41) is 0. The van der Waals surface area contributed by atoms with Crippen molar-refractivity contribution < 1.29 is 0 Å². The van der Waals surface area contributed by atoms with Crippen molar-refractivity contribution in [2.75, 3.05) is 45.8 Å². The second-order valence-electron chi connectivity index (χ2n) is 5.18. The first-order valence-electron chi connectivity index (χ1n) is 6.91. The highest BCUT2D eigenvalue weighted by atomic mass is 15.2. The van der Waals surface area contributed by atoms with E-state index in [1.165, 1.54) is 52.0 Å². The topological polar surface area (TPSA) is 32.5 Å². The van der Waals surface area contributed by atoms with Crippen molar-refractivity contribution >= 4 is 0 Å². The third kappa shape index (κ3) is 5.28. The fourth-order valence-corrected chi connectivity index (χ4v) is 2.64. The summed E-state index contributed by atoms with van der Waals surface area (Å²) in [6, 6.07) is 0. The summed E-state index contributed by atoms with van der Waals surface area (Å²) in [5.74, 6) is 0.853. The zero-order chi connectivity index (χ0) is 11.8. The van der Waals surface area contributed by atoms with E-state index in [1.54, 1.807) is 0 Å². The summed E-state index contributed by atoms with van der Waals surface area (Å²) < 4.78 is 0. The molecule has 1 heterocycles. The second kappa shape index (κ2) is 8.04. The first kappa shape index (κ1) is 13.9.